The van der Waals surface area contributed by atoms with Gasteiger partial charge in [0, 0.05) is 20.3 Å². The molecule has 0 saturated carbocycles. The van der Waals surface area contributed by atoms with E-state index in [1.54, 1.807) is 0 Å². The standard InChI is InChI=1S/C13H21NO10/c1-5(16)14-9-7(18)3-13(22,12(20)21)24-11(9)10(8(19)4-15)23-6(2)17/h7-11,15,18-19,22H,3-4H2,1-2H3,(H,14,16)(H,20,21)/t7-,8?,9+,10?,11+,13?/m0/s1. The van der Waals surface area contributed by atoms with Crippen molar-refractivity contribution in [2.24, 2.45) is 0 Å². The lowest BCUT2D eigenvalue weighted by Crippen LogP contribution is -2.67. The monoisotopic (exact) mass is 351 g/mol. The maximum atomic E-state index is 11.3. The number of carboxylic acids is 1. The molecule has 0 radical (unpaired) electrons. The van der Waals surface area contributed by atoms with Gasteiger partial charge in [-0.05, 0) is 0 Å². The minimum Gasteiger partial charge on any atom is -0.477 e. The first-order valence-electron chi connectivity index (χ1n) is 7.06. The number of carboxylic acid groups (broad SMARTS) is 1. The zero-order valence-corrected chi connectivity index (χ0v) is 13.1. The van der Waals surface area contributed by atoms with Crippen molar-refractivity contribution in [2.75, 3.05) is 6.61 Å². The lowest BCUT2D eigenvalue weighted by Gasteiger charge is -2.45. The molecule has 11 heteroatoms. The Morgan fingerprint density at radius 2 is 1.96 bits per heavy atom. The van der Waals surface area contributed by atoms with Gasteiger partial charge in [-0.2, -0.15) is 0 Å². The number of aliphatic carboxylic acids is 1. The van der Waals surface area contributed by atoms with Crippen LogP contribution in [0.5, 0.6) is 0 Å². The zero-order chi connectivity index (χ0) is 18.7. The lowest BCUT2D eigenvalue weighted by atomic mass is 9.88. The Balaban J connectivity index is 3.25. The molecule has 1 aliphatic rings. The molecule has 1 saturated heterocycles. The summed E-state index contributed by atoms with van der Waals surface area (Å²) in [5, 5.41) is 50.4. The summed E-state index contributed by atoms with van der Waals surface area (Å²) in [6.45, 7) is 1.23. The number of hydrogen-bond acceptors (Lipinski definition) is 9. The maximum absolute atomic E-state index is 11.3. The van der Waals surface area contributed by atoms with Crippen LogP contribution in [0.1, 0.15) is 20.3 Å². The highest BCUT2D eigenvalue weighted by Gasteiger charge is 2.55. The molecule has 1 aliphatic heterocycles. The molecule has 6 atom stereocenters. The Hall–Kier alpha value is -1.79. The number of carbonyl (C=O) groups is 3. The highest BCUT2D eigenvalue weighted by Crippen LogP contribution is 2.31. The van der Waals surface area contributed by atoms with Gasteiger partial charge >= 0.3 is 11.9 Å². The van der Waals surface area contributed by atoms with E-state index >= 15 is 0 Å². The SMILES string of the molecule is CC(=O)N[C@@H]1[C@@H](O)CC(O)(C(=O)O)O[C@H]1C(OC(C)=O)C(O)CO. The van der Waals surface area contributed by atoms with Crippen LogP contribution in [-0.4, -0.2) is 86.2 Å². The van der Waals surface area contributed by atoms with Crippen molar-refractivity contribution in [1.82, 2.24) is 5.32 Å². The van der Waals surface area contributed by atoms with Crippen LogP contribution in [0.4, 0.5) is 0 Å². The Morgan fingerprint density at radius 3 is 2.38 bits per heavy atom. The Labute approximate surface area is 136 Å². The highest BCUT2D eigenvalue weighted by atomic mass is 16.7. The van der Waals surface area contributed by atoms with E-state index in [0.29, 0.717) is 0 Å². The first-order chi connectivity index (χ1) is 11.0. The lowest BCUT2D eigenvalue weighted by molar-refractivity contribution is -0.296. The third kappa shape index (κ3) is 4.61. The second-order valence-electron chi connectivity index (χ2n) is 5.49. The molecule has 0 spiro atoms. The number of rotatable bonds is 6. The predicted octanol–water partition coefficient (Wildman–Crippen LogP) is -3.30. The van der Waals surface area contributed by atoms with E-state index in [1.807, 2.05) is 0 Å². The number of ether oxygens (including phenoxy) is 2. The Bertz CT molecular complexity index is 497. The average Bonchev–Trinajstić information content (AvgIpc) is 2.46. The fourth-order valence-corrected chi connectivity index (χ4v) is 2.46. The quantitative estimate of drug-likeness (QED) is 0.265. The van der Waals surface area contributed by atoms with E-state index in [1.165, 1.54) is 0 Å². The average molecular weight is 351 g/mol. The minimum absolute atomic E-state index is 0.617. The molecule has 3 unspecified atom stereocenters. The largest absolute Gasteiger partial charge is 0.477 e. The summed E-state index contributed by atoms with van der Waals surface area (Å²) in [7, 11) is 0. The normalized spacial score (nSPS) is 32.5. The van der Waals surface area contributed by atoms with Crippen molar-refractivity contribution in [3.63, 3.8) is 0 Å². The van der Waals surface area contributed by atoms with Crippen LogP contribution in [0.3, 0.4) is 0 Å². The van der Waals surface area contributed by atoms with Crippen molar-refractivity contribution in [2.45, 2.75) is 56.5 Å². The summed E-state index contributed by atoms with van der Waals surface area (Å²) in [6.07, 6.45) is -7.35. The van der Waals surface area contributed by atoms with Gasteiger partial charge in [0.05, 0.1) is 18.8 Å². The molecular weight excluding hydrogens is 330 g/mol. The van der Waals surface area contributed by atoms with E-state index in [0.717, 1.165) is 13.8 Å². The van der Waals surface area contributed by atoms with Crippen LogP contribution in [0.15, 0.2) is 0 Å². The smallest absolute Gasteiger partial charge is 0.364 e. The number of carbonyl (C=O) groups excluding carboxylic acids is 2. The van der Waals surface area contributed by atoms with Gasteiger partial charge in [-0.15, -0.1) is 0 Å². The Kier molecular flexibility index (Phi) is 6.63. The van der Waals surface area contributed by atoms with E-state index in [9.17, 15) is 29.7 Å². The first-order valence-corrected chi connectivity index (χ1v) is 7.06. The molecule has 11 nitrogen and oxygen atoms in total. The summed E-state index contributed by atoms with van der Waals surface area (Å²) in [5.74, 6) is -6.15. The van der Waals surface area contributed by atoms with Gasteiger partial charge in [-0.1, -0.05) is 0 Å². The molecular formula is C13H21NO10. The van der Waals surface area contributed by atoms with E-state index in [2.05, 4.69) is 5.32 Å². The number of hydrogen-bond donors (Lipinski definition) is 6. The maximum Gasteiger partial charge on any atom is 0.364 e. The summed E-state index contributed by atoms with van der Waals surface area (Å²) >= 11 is 0. The molecule has 1 fully saturated rings. The molecule has 0 aromatic heterocycles. The first kappa shape index (κ1) is 20.3. The van der Waals surface area contributed by atoms with Crippen molar-refractivity contribution >= 4 is 17.8 Å². The van der Waals surface area contributed by atoms with Gasteiger partial charge in [0.2, 0.25) is 5.91 Å². The van der Waals surface area contributed by atoms with Crippen LogP contribution in [-0.2, 0) is 23.9 Å². The van der Waals surface area contributed by atoms with Crippen LogP contribution in [0, 0.1) is 0 Å². The molecule has 6 N–H and O–H groups in total. The van der Waals surface area contributed by atoms with Crippen LogP contribution in [0.2, 0.25) is 0 Å². The third-order valence-corrected chi connectivity index (χ3v) is 3.48. The van der Waals surface area contributed by atoms with E-state index < -0.39 is 67.1 Å². The molecule has 1 amide bonds. The van der Waals surface area contributed by atoms with Crippen LogP contribution in [0.25, 0.3) is 0 Å². The minimum atomic E-state index is -2.83. The van der Waals surface area contributed by atoms with E-state index in [-0.39, 0.29) is 0 Å². The van der Waals surface area contributed by atoms with Gasteiger partial charge in [0.1, 0.15) is 12.2 Å². The van der Waals surface area contributed by atoms with Gasteiger partial charge in [-0.3, -0.25) is 9.59 Å². The van der Waals surface area contributed by atoms with Crippen molar-refractivity contribution in [3.8, 4) is 0 Å². The number of esters is 1. The second-order valence-corrected chi connectivity index (χ2v) is 5.49. The van der Waals surface area contributed by atoms with Crippen molar-refractivity contribution < 1.29 is 49.4 Å². The van der Waals surface area contributed by atoms with Crippen molar-refractivity contribution in [3.05, 3.63) is 0 Å². The van der Waals surface area contributed by atoms with Crippen LogP contribution < -0.4 is 5.32 Å². The second kappa shape index (κ2) is 7.85. The molecule has 1 heterocycles. The highest BCUT2D eigenvalue weighted by molar-refractivity contribution is 5.76. The third-order valence-electron chi connectivity index (χ3n) is 3.48. The van der Waals surface area contributed by atoms with Gasteiger partial charge in [0.15, 0.2) is 6.10 Å². The number of aliphatic hydroxyl groups is 4. The summed E-state index contributed by atoms with van der Waals surface area (Å²) < 4.78 is 9.87. The molecule has 0 aromatic rings. The van der Waals surface area contributed by atoms with E-state index in [4.69, 9.17) is 19.7 Å². The predicted molar refractivity (Wildman–Crippen MR) is 74.3 cm³/mol. The molecule has 138 valence electrons. The van der Waals surface area contributed by atoms with Crippen LogP contribution >= 0.6 is 0 Å². The number of nitrogens with one attached hydrogen (secondary N) is 1. The fraction of sp³-hybridized carbons (Fsp3) is 0.769. The van der Waals surface area contributed by atoms with Gasteiger partial charge in [-0.25, -0.2) is 4.79 Å². The van der Waals surface area contributed by atoms with Gasteiger partial charge in [0.25, 0.3) is 5.79 Å². The molecule has 0 aromatic carbocycles. The molecule has 0 bridgehead atoms. The molecule has 1 rings (SSSR count). The molecule has 0 aliphatic carbocycles. The summed E-state index contributed by atoms with van der Waals surface area (Å²) in [6, 6.07) is -1.30. The summed E-state index contributed by atoms with van der Waals surface area (Å²) in [5.41, 5.74) is 0. The number of amides is 1. The summed E-state index contributed by atoms with van der Waals surface area (Å²) in [4.78, 5) is 33.7. The molecule has 24 heavy (non-hydrogen) atoms. The fourth-order valence-electron chi connectivity index (χ4n) is 2.46. The zero-order valence-electron chi connectivity index (χ0n) is 13.1. The van der Waals surface area contributed by atoms with Crippen molar-refractivity contribution in [1.29, 1.82) is 0 Å². The number of aliphatic hydroxyl groups excluding tert-OH is 3. The Morgan fingerprint density at radius 1 is 1.38 bits per heavy atom. The topological polar surface area (TPSA) is 183 Å². The van der Waals surface area contributed by atoms with Gasteiger partial charge < -0.3 is 40.3 Å².